The molecule has 0 saturated heterocycles. The van der Waals surface area contributed by atoms with E-state index in [2.05, 4.69) is 10.1 Å². The van der Waals surface area contributed by atoms with Crippen molar-refractivity contribution >= 4 is 9.84 Å². The van der Waals surface area contributed by atoms with Crippen molar-refractivity contribution in [2.24, 2.45) is 5.92 Å². The van der Waals surface area contributed by atoms with E-state index in [0.717, 1.165) is 5.56 Å². The minimum Gasteiger partial charge on any atom is -0.392 e. The number of aromatic nitrogens is 3. The largest absolute Gasteiger partial charge is 0.392 e. The highest BCUT2D eigenvalue weighted by atomic mass is 32.2. The van der Waals surface area contributed by atoms with Gasteiger partial charge in [-0.2, -0.15) is 5.10 Å². The van der Waals surface area contributed by atoms with Crippen molar-refractivity contribution < 1.29 is 13.5 Å². The lowest BCUT2D eigenvalue weighted by atomic mass is 10.1. The van der Waals surface area contributed by atoms with Crippen LogP contribution in [0.1, 0.15) is 25.2 Å². The molecular weight excluding hydrogens is 314 g/mol. The summed E-state index contributed by atoms with van der Waals surface area (Å²) in [4.78, 5) is 4.04. The maximum Gasteiger partial charge on any atom is 0.160 e. The molecule has 1 aromatic heterocycles. The van der Waals surface area contributed by atoms with Gasteiger partial charge in [-0.05, 0) is 17.9 Å². The third-order valence-electron chi connectivity index (χ3n) is 3.34. The SMILES string of the molecule is CC(C)Cn1ncnc1CS(=O)(=O)CC(O)Cc1ccccc1. The van der Waals surface area contributed by atoms with Gasteiger partial charge < -0.3 is 5.11 Å². The summed E-state index contributed by atoms with van der Waals surface area (Å²) in [6.07, 6.45) is 0.760. The molecule has 0 aliphatic heterocycles. The molecule has 0 bridgehead atoms. The van der Waals surface area contributed by atoms with Gasteiger partial charge in [-0.15, -0.1) is 0 Å². The molecule has 1 heterocycles. The Hall–Kier alpha value is -1.73. The van der Waals surface area contributed by atoms with Crippen LogP contribution in [0.15, 0.2) is 36.7 Å². The Balaban J connectivity index is 1.98. The van der Waals surface area contributed by atoms with Crippen LogP contribution in [0.25, 0.3) is 0 Å². The van der Waals surface area contributed by atoms with Crippen LogP contribution in [-0.2, 0) is 28.6 Å². The Bertz CT molecular complexity index is 711. The summed E-state index contributed by atoms with van der Waals surface area (Å²) in [5, 5.41) is 14.1. The summed E-state index contributed by atoms with van der Waals surface area (Å²) in [7, 11) is -3.46. The average Bonchev–Trinajstić information content (AvgIpc) is 2.84. The fraction of sp³-hybridized carbons (Fsp3) is 0.500. The molecule has 2 aromatic rings. The first kappa shape index (κ1) is 17.6. The van der Waals surface area contributed by atoms with Crippen LogP contribution < -0.4 is 0 Å². The van der Waals surface area contributed by atoms with Gasteiger partial charge in [-0.1, -0.05) is 44.2 Å². The van der Waals surface area contributed by atoms with E-state index in [9.17, 15) is 13.5 Å². The first-order valence-electron chi connectivity index (χ1n) is 7.65. The maximum absolute atomic E-state index is 12.3. The number of sulfone groups is 1. The summed E-state index contributed by atoms with van der Waals surface area (Å²) in [6, 6.07) is 9.36. The molecule has 1 unspecified atom stereocenters. The lowest BCUT2D eigenvalue weighted by Gasteiger charge is -2.12. The van der Waals surface area contributed by atoms with Gasteiger partial charge in [0.15, 0.2) is 9.84 Å². The standard InChI is InChI=1S/C16H23N3O3S/c1-13(2)9-19-16(17-12-18-19)11-23(21,22)10-15(20)8-14-6-4-3-5-7-14/h3-7,12-13,15,20H,8-11H2,1-2H3. The van der Waals surface area contributed by atoms with Gasteiger partial charge >= 0.3 is 0 Å². The predicted octanol–water partition coefficient (Wildman–Crippen LogP) is 1.45. The summed E-state index contributed by atoms with van der Waals surface area (Å²) in [6.45, 7) is 4.69. The Kier molecular flexibility index (Phi) is 5.90. The average molecular weight is 337 g/mol. The number of hydrogen-bond acceptors (Lipinski definition) is 5. The first-order valence-corrected chi connectivity index (χ1v) is 9.47. The van der Waals surface area contributed by atoms with Gasteiger partial charge in [0, 0.05) is 6.54 Å². The van der Waals surface area contributed by atoms with Gasteiger partial charge in [0.2, 0.25) is 0 Å². The maximum atomic E-state index is 12.3. The van der Waals surface area contributed by atoms with Crippen LogP contribution in [0.4, 0.5) is 0 Å². The van der Waals surface area contributed by atoms with Crippen molar-refractivity contribution in [3.8, 4) is 0 Å². The van der Waals surface area contributed by atoms with Crippen LogP contribution in [-0.4, -0.2) is 40.1 Å². The molecule has 6 nitrogen and oxygen atoms in total. The monoisotopic (exact) mass is 337 g/mol. The highest BCUT2D eigenvalue weighted by Gasteiger charge is 2.21. The molecule has 0 aliphatic rings. The first-order chi connectivity index (χ1) is 10.9. The van der Waals surface area contributed by atoms with Crippen molar-refractivity contribution in [3.05, 3.63) is 48.0 Å². The number of aliphatic hydroxyl groups excluding tert-OH is 1. The molecule has 1 atom stereocenters. The van der Waals surface area contributed by atoms with E-state index < -0.39 is 15.9 Å². The number of aliphatic hydroxyl groups is 1. The molecule has 1 aromatic carbocycles. The Labute approximate surface area is 137 Å². The molecular formula is C16H23N3O3S. The Morgan fingerprint density at radius 2 is 1.91 bits per heavy atom. The summed E-state index contributed by atoms with van der Waals surface area (Å²) in [5.41, 5.74) is 0.915. The fourth-order valence-corrected chi connectivity index (χ4v) is 3.83. The van der Waals surface area contributed by atoms with Crippen molar-refractivity contribution in [1.29, 1.82) is 0 Å². The molecule has 0 amide bonds. The lowest BCUT2D eigenvalue weighted by Crippen LogP contribution is -2.25. The molecule has 0 radical (unpaired) electrons. The van der Waals surface area contributed by atoms with Crippen molar-refractivity contribution in [2.45, 2.75) is 38.7 Å². The van der Waals surface area contributed by atoms with E-state index in [1.54, 1.807) is 4.68 Å². The summed E-state index contributed by atoms with van der Waals surface area (Å²) in [5.74, 6) is 0.287. The molecule has 0 fully saturated rings. The van der Waals surface area contributed by atoms with Crippen LogP contribution >= 0.6 is 0 Å². The smallest absolute Gasteiger partial charge is 0.160 e. The van der Waals surface area contributed by atoms with E-state index in [1.807, 2.05) is 44.2 Å². The Morgan fingerprint density at radius 3 is 2.57 bits per heavy atom. The predicted molar refractivity (Wildman–Crippen MR) is 88.5 cm³/mol. The zero-order valence-electron chi connectivity index (χ0n) is 13.5. The summed E-state index contributed by atoms with van der Waals surface area (Å²) < 4.78 is 26.2. The summed E-state index contributed by atoms with van der Waals surface area (Å²) >= 11 is 0. The highest BCUT2D eigenvalue weighted by molar-refractivity contribution is 7.90. The second kappa shape index (κ2) is 7.70. The number of benzene rings is 1. The minimum atomic E-state index is -3.46. The number of hydrogen-bond donors (Lipinski definition) is 1. The van der Waals surface area contributed by atoms with Gasteiger partial charge in [-0.25, -0.2) is 18.1 Å². The number of rotatable bonds is 8. The molecule has 126 valence electrons. The zero-order valence-corrected chi connectivity index (χ0v) is 14.3. The normalized spacial score (nSPS) is 13.4. The van der Waals surface area contributed by atoms with Gasteiger partial charge in [0.05, 0.1) is 11.9 Å². The number of nitrogens with zero attached hydrogens (tertiary/aromatic N) is 3. The van der Waals surface area contributed by atoms with E-state index in [1.165, 1.54) is 6.33 Å². The molecule has 2 rings (SSSR count). The van der Waals surface area contributed by atoms with E-state index >= 15 is 0 Å². The van der Waals surface area contributed by atoms with E-state index in [0.29, 0.717) is 24.7 Å². The molecule has 0 aliphatic carbocycles. The van der Waals surface area contributed by atoms with Crippen LogP contribution in [0.3, 0.4) is 0 Å². The molecule has 23 heavy (non-hydrogen) atoms. The second-order valence-electron chi connectivity index (χ2n) is 6.15. The van der Waals surface area contributed by atoms with Gasteiger partial charge in [-0.3, -0.25) is 0 Å². The second-order valence-corrected chi connectivity index (χ2v) is 8.26. The molecule has 0 saturated carbocycles. The Morgan fingerprint density at radius 1 is 1.22 bits per heavy atom. The molecule has 0 spiro atoms. The van der Waals surface area contributed by atoms with Crippen molar-refractivity contribution in [3.63, 3.8) is 0 Å². The lowest BCUT2D eigenvalue weighted by molar-refractivity contribution is 0.197. The molecule has 7 heteroatoms. The third-order valence-corrected chi connectivity index (χ3v) is 4.93. The van der Waals surface area contributed by atoms with E-state index in [-0.39, 0.29) is 11.5 Å². The van der Waals surface area contributed by atoms with Crippen molar-refractivity contribution in [1.82, 2.24) is 14.8 Å². The van der Waals surface area contributed by atoms with Crippen LogP contribution in [0.2, 0.25) is 0 Å². The zero-order chi connectivity index (χ0) is 16.9. The van der Waals surface area contributed by atoms with Crippen LogP contribution in [0, 0.1) is 5.92 Å². The third kappa shape index (κ3) is 5.76. The topological polar surface area (TPSA) is 85.1 Å². The van der Waals surface area contributed by atoms with Crippen LogP contribution in [0.5, 0.6) is 0 Å². The van der Waals surface area contributed by atoms with Crippen molar-refractivity contribution in [2.75, 3.05) is 5.75 Å². The molecule has 1 N–H and O–H groups in total. The minimum absolute atomic E-state index is 0.203. The van der Waals surface area contributed by atoms with Gasteiger partial charge in [0.25, 0.3) is 0 Å². The fourth-order valence-electron chi connectivity index (χ4n) is 2.39. The highest BCUT2D eigenvalue weighted by Crippen LogP contribution is 2.10. The van der Waals surface area contributed by atoms with Gasteiger partial charge in [0.1, 0.15) is 17.9 Å². The van der Waals surface area contributed by atoms with E-state index in [4.69, 9.17) is 0 Å². The quantitative estimate of drug-likeness (QED) is 0.788.